The number of halogens is 1. The van der Waals surface area contributed by atoms with Crippen LogP contribution >= 0.6 is 35.3 Å². The second-order valence-electron chi connectivity index (χ2n) is 7.30. The lowest BCUT2D eigenvalue weighted by Gasteiger charge is -2.18. The number of fused-ring (bicyclic) bond motifs is 1. The molecule has 2 N–H and O–H groups in total. The van der Waals surface area contributed by atoms with Gasteiger partial charge in [0.25, 0.3) is 0 Å². The molecule has 29 heavy (non-hydrogen) atoms. The molecule has 0 radical (unpaired) electrons. The van der Waals surface area contributed by atoms with E-state index in [1.807, 2.05) is 34.4 Å². The highest BCUT2D eigenvalue weighted by Gasteiger charge is 2.23. The molecule has 0 saturated heterocycles. The molecule has 2 heterocycles. The van der Waals surface area contributed by atoms with Gasteiger partial charge in [-0.05, 0) is 48.3 Å². The molecule has 158 valence electrons. The molecule has 0 bridgehead atoms. The number of hydrogen-bond acceptors (Lipinski definition) is 3. The van der Waals surface area contributed by atoms with Crippen LogP contribution in [-0.2, 0) is 17.6 Å². The number of aliphatic imine (C=N–C) groups is 1. The molecule has 1 unspecified atom stereocenters. The normalized spacial score (nSPS) is 14.1. The van der Waals surface area contributed by atoms with Gasteiger partial charge in [0.05, 0.1) is 0 Å². The number of benzene rings is 1. The Kier molecular flexibility index (Phi) is 9.93. The molecule has 1 aliphatic heterocycles. The van der Waals surface area contributed by atoms with Crippen molar-refractivity contribution in [3.8, 4) is 0 Å². The molecule has 7 heteroatoms. The Bertz CT molecular complexity index is 794. The Morgan fingerprint density at radius 2 is 2.07 bits per heavy atom. The topological polar surface area (TPSA) is 56.7 Å². The number of carbonyl (C=O) groups is 1. The van der Waals surface area contributed by atoms with E-state index in [1.54, 1.807) is 7.05 Å². The van der Waals surface area contributed by atoms with Crippen molar-refractivity contribution in [3.63, 3.8) is 0 Å². The second-order valence-corrected chi connectivity index (χ2v) is 8.33. The second kappa shape index (κ2) is 12.2. The van der Waals surface area contributed by atoms with Crippen LogP contribution in [0.2, 0.25) is 0 Å². The van der Waals surface area contributed by atoms with Crippen molar-refractivity contribution >= 4 is 52.9 Å². The minimum absolute atomic E-state index is 0. The van der Waals surface area contributed by atoms with E-state index in [4.69, 9.17) is 0 Å². The third kappa shape index (κ3) is 6.99. The summed E-state index contributed by atoms with van der Waals surface area (Å²) in [6.45, 7) is 4.66. The summed E-state index contributed by atoms with van der Waals surface area (Å²) in [7, 11) is 1.78. The van der Waals surface area contributed by atoms with Crippen molar-refractivity contribution in [2.75, 3.05) is 31.6 Å². The minimum atomic E-state index is 0. The maximum absolute atomic E-state index is 12.5. The fourth-order valence-electron chi connectivity index (χ4n) is 3.51. The summed E-state index contributed by atoms with van der Waals surface area (Å²) in [5, 5.41) is 8.83. The monoisotopic (exact) mass is 526 g/mol. The highest BCUT2D eigenvalue weighted by Crippen LogP contribution is 2.27. The van der Waals surface area contributed by atoms with Gasteiger partial charge in [-0.3, -0.25) is 9.79 Å². The van der Waals surface area contributed by atoms with Crippen molar-refractivity contribution in [3.05, 3.63) is 52.2 Å². The summed E-state index contributed by atoms with van der Waals surface area (Å²) in [6, 6.07) is 12.5. The molecule has 1 atom stereocenters. The van der Waals surface area contributed by atoms with Crippen LogP contribution < -0.4 is 15.5 Å². The van der Waals surface area contributed by atoms with E-state index in [1.165, 1.54) is 10.4 Å². The standard InChI is InChI=1S/C22H30N4OS.HI/c1-17(15-19-8-6-14-28-19)16-25-22(23-2)24-12-5-10-21(27)26-13-11-18-7-3-4-9-20(18)26;/h3-4,6-9,14,17H,5,10-13,15-16H2,1-2H3,(H2,23,24,25);1H. The van der Waals surface area contributed by atoms with Crippen LogP contribution in [-0.4, -0.2) is 38.5 Å². The van der Waals surface area contributed by atoms with Crippen LogP contribution in [0, 0.1) is 5.92 Å². The van der Waals surface area contributed by atoms with Crippen LogP contribution in [0.25, 0.3) is 0 Å². The van der Waals surface area contributed by atoms with Gasteiger partial charge in [-0.15, -0.1) is 35.3 Å². The first-order chi connectivity index (χ1) is 13.7. The van der Waals surface area contributed by atoms with Crippen LogP contribution in [0.5, 0.6) is 0 Å². The maximum atomic E-state index is 12.5. The first kappa shape index (κ1) is 23.7. The van der Waals surface area contributed by atoms with E-state index in [0.29, 0.717) is 12.3 Å². The number of amides is 1. The number of rotatable bonds is 8. The first-order valence-electron chi connectivity index (χ1n) is 10.0. The SMILES string of the molecule is CN=C(NCCCC(=O)N1CCc2ccccc21)NCC(C)Cc1cccs1.I. The van der Waals surface area contributed by atoms with Crippen molar-refractivity contribution in [1.82, 2.24) is 10.6 Å². The third-order valence-corrected chi connectivity index (χ3v) is 5.92. The van der Waals surface area contributed by atoms with E-state index in [9.17, 15) is 4.79 Å². The van der Waals surface area contributed by atoms with Crippen molar-refractivity contribution in [2.24, 2.45) is 10.9 Å². The third-order valence-electron chi connectivity index (χ3n) is 5.02. The summed E-state index contributed by atoms with van der Waals surface area (Å²) >= 11 is 1.81. The summed E-state index contributed by atoms with van der Waals surface area (Å²) in [4.78, 5) is 20.2. The quantitative estimate of drug-likeness (QED) is 0.236. The number of guanidine groups is 1. The van der Waals surface area contributed by atoms with Gasteiger partial charge in [0.1, 0.15) is 0 Å². The van der Waals surface area contributed by atoms with Gasteiger partial charge in [-0.2, -0.15) is 0 Å². The molecule has 0 spiro atoms. The molecule has 1 aliphatic rings. The zero-order valence-corrected chi connectivity index (χ0v) is 20.3. The Hall–Kier alpha value is -1.61. The summed E-state index contributed by atoms with van der Waals surface area (Å²) in [5.74, 6) is 1.55. The van der Waals surface area contributed by atoms with Crippen LogP contribution in [0.15, 0.2) is 46.8 Å². The number of thiophene rings is 1. The Morgan fingerprint density at radius 1 is 1.24 bits per heavy atom. The molecule has 3 rings (SSSR count). The highest BCUT2D eigenvalue weighted by atomic mass is 127. The van der Waals surface area contributed by atoms with E-state index in [2.05, 4.69) is 46.1 Å². The van der Waals surface area contributed by atoms with Crippen molar-refractivity contribution < 1.29 is 4.79 Å². The van der Waals surface area contributed by atoms with E-state index in [0.717, 1.165) is 50.5 Å². The number of anilines is 1. The number of hydrogen-bond donors (Lipinski definition) is 2. The Labute approximate surface area is 195 Å². The molecule has 1 amide bonds. The van der Waals surface area contributed by atoms with Gasteiger partial charge in [-0.1, -0.05) is 31.2 Å². The zero-order chi connectivity index (χ0) is 19.8. The van der Waals surface area contributed by atoms with E-state index >= 15 is 0 Å². The van der Waals surface area contributed by atoms with Gasteiger partial charge in [0.15, 0.2) is 5.96 Å². The van der Waals surface area contributed by atoms with Gasteiger partial charge in [0.2, 0.25) is 5.91 Å². The lowest BCUT2D eigenvalue weighted by molar-refractivity contribution is -0.118. The van der Waals surface area contributed by atoms with Gasteiger partial charge in [-0.25, -0.2) is 0 Å². The van der Waals surface area contributed by atoms with E-state index in [-0.39, 0.29) is 29.9 Å². The lowest BCUT2D eigenvalue weighted by atomic mass is 10.1. The summed E-state index contributed by atoms with van der Waals surface area (Å²) in [6.07, 6.45) is 3.38. The number of carbonyl (C=O) groups excluding carboxylic acids is 1. The fourth-order valence-corrected chi connectivity index (χ4v) is 4.38. The smallest absolute Gasteiger partial charge is 0.227 e. The molecule has 5 nitrogen and oxygen atoms in total. The zero-order valence-electron chi connectivity index (χ0n) is 17.2. The molecule has 0 saturated carbocycles. The molecule has 1 aromatic heterocycles. The first-order valence-corrected chi connectivity index (χ1v) is 10.9. The minimum Gasteiger partial charge on any atom is -0.356 e. The van der Waals surface area contributed by atoms with Gasteiger partial charge < -0.3 is 15.5 Å². The highest BCUT2D eigenvalue weighted by molar-refractivity contribution is 14.0. The summed E-state index contributed by atoms with van der Waals surface area (Å²) in [5.41, 5.74) is 2.35. The van der Waals surface area contributed by atoms with Crippen LogP contribution in [0.4, 0.5) is 5.69 Å². The van der Waals surface area contributed by atoms with Gasteiger partial charge >= 0.3 is 0 Å². The lowest BCUT2D eigenvalue weighted by Crippen LogP contribution is -2.40. The number of nitrogens with one attached hydrogen (secondary N) is 2. The Balaban J connectivity index is 0.00000300. The van der Waals surface area contributed by atoms with Gasteiger partial charge in [0, 0.05) is 43.7 Å². The molecule has 2 aromatic rings. The molecular formula is C22H31IN4OS. The van der Waals surface area contributed by atoms with Crippen molar-refractivity contribution in [1.29, 1.82) is 0 Å². The van der Waals surface area contributed by atoms with Crippen LogP contribution in [0.1, 0.15) is 30.2 Å². The molecule has 1 aromatic carbocycles. The molecular weight excluding hydrogens is 495 g/mol. The molecule has 0 aliphatic carbocycles. The van der Waals surface area contributed by atoms with Crippen molar-refractivity contribution in [2.45, 2.75) is 32.6 Å². The summed E-state index contributed by atoms with van der Waals surface area (Å²) < 4.78 is 0. The average molecular weight is 526 g/mol. The maximum Gasteiger partial charge on any atom is 0.227 e. The van der Waals surface area contributed by atoms with E-state index < -0.39 is 0 Å². The largest absolute Gasteiger partial charge is 0.356 e. The number of para-hydroxylation sites is 1. The fraction of sp³-hybridized carbons (Fsp3) is 0.455. The molecule has 0 fully saturated rings. The Morgan fingerprint density at radius 3 is 2.83 bits per heavy atom. The predicted molar refractivity (Wildman–Crippen MR) is 134 cm³/mol. The van der Waals surface area contributed by atoms with Crippen LogP contribution in [0.3, 0.4) is 0 Å². The predicted octanol–water partition coefficient (Wildman–Crippen LogP) is 4.08. The number of nitrogens with zero attached hydrogens (tertiary/aromatic N) is 2. The average Bonchev–Trinajstić information content (AvgIpc) is 3.37.